The molecule has 1 aromatic rings. The van der Waals surface area contributed by atoms with Crippen LogP contribution < -0.4 is 5.32 Å². The number of aliphatic imine (C=N–C) groups is 1. The third-order valence-electron chi connectivity index (χ3n) is 5.90. The highest BCUT2D eigenvalue weighted by Gasteiger charge is 2.43. The molecule has 1 saturated carbocycles. The highest BCUT2D eigenvalue weighted by atomic mass is 127. The normalized spacial score (nSPS) is 28.2. The van der Waals surface area contributed by atoms with E-state index in [1.807, 2.05) is 0 Å². The summed E-state index contributed by atoms with van der Waals surface area (Å²) in [7, 11) is 1.77. The number of ether oxygens (including phenoxy) is 1. The second kappa shape index (κ2) is 9.67. The van der Waals surface area contributed by atoms with Gasteiger partial charge in [-0.3, -0.25) is 9.89 Å². The maximum atomic E-state index is 14.0. The first-order valence-electron chi connectivity index (χ1n) is 9.88. The largest absolute Gasteiger partial charge is 0.381 e. The molecule has 5 nitrogen and oxygen atoms in total. The van der Waals surface area contributed by atoms with E-state index in [2.05, 4.69) is 20.1 Å². The summed E-state index contributed by atoms with van der Waals surface area (Å²) in [6, 6.07) is 4.12. The van der Waals surface area contributed by atoms with E-state index in [9.17, 15) is 8.78 Å². The fourth-order valence-electron chi connectivity index (χ4n) is 4.24. The van der Waals surface area contributed by atoms with Crippen molar-refractivity contribution in [1.82, 2.24) is 15.1 Å². The first-order valence-corrected chi connectivity index (χ1v) is 9.88. The number of nitrogens with zero attached hydrogens (tertiary/aromatic N) is 3. The highest BCUT2D eigenvalue weighted by molar-refractivity contribution is 14.0. The van der Waals surface area contributed by atoms with Crippen LogP contribution in [0.25, 0.3) is 0 Å². The summed E-state index contributed by atoms with van der Waals surface area (Å²) < 4.78 is 33.4. The lowest BCUT2D eigenvalue weighted by Crippen LogP contribution is -2.53. The minimum Gasteiger partial charge on any atom is -0.381 e. The van der Waals surface area contributed by atoms with Gasteiger partial charge >= 0.3 is 0 Å². The maximum Gasteiger partial charge on any atom is 0.193 e. The van der Waals surface area contributed by atoms with E-state index in [0.29, 0.717) is 5.92 Å². The molecule has 0 spiro atoms. The van der Waals surface area contributed by atoms with Crippen molar-refractivity contribution in [2.75, 3.05) is 53.0 Å². The number of guanidine groups is 1. The minimum atomic E-state index is -0.455. The summed E-state index contributed by atoms with van der Waals surface area (Å²) in [6.07, 6.45) is 1.90. The summed E-state index contributed by atoms with van der Waals surface area (Å²) in [6.45, 7) is 6.74. The molecule has 3 unspecified atom stereocenters. The molecule has 1 aromatic carbocycles. The van der Waals surface area contributed by atoms with Crippen molar-refractivity contribution in [2.45, 2.75) is 24.8 Å². The van der Waals surface area contributed by atoms with Crippen LogP contribution in [-0.4, -0.2) is 74.8 Å². The van der Waals surface area contributed by atoms with Crippen LogP contribution in [0, 0.1) is 17.6 Å². The molecule has 3 aliphatic rings. The monoisotopic (exact) mass is 506 g/mol. The van der Waals surface area contributed by atoms with Crippen molar-refractivity contribution in [3.8, 4) is 0 Å². The van der Waals surface area contributed by atoms with Crippen LogP contribution in [0.5, 0.6) is 0 Å². The molecule has 8 heteroatoms. The lowest BCUT2D eigenvalue weighted by Gasteiger charge is -2.37. The van der Waals surface area contributed by atoms with E-state index in [-0.39, 0.29) is 41.5 Å². The molecule has 3 atom stereocenters. The lowest BCUT2D eigenvalue weighted by molar-refractivity contribution is 0.139. The van der Waals surface area contributed by atoms with Crippen LogP contribution in [0.4, 0.5) is 8.78 Å². The molecule has 2 heterocycles. The van der Waals surface area contributed by atoms with Gasteiger partial charge in [0.25, 0.3) is 0 Å². The third kappa shape index (κ3) is 4.94. The molecular formula is C20H29F2IN4O. The van der Waals surface area contributed by atoms with Gasteiger partial charge in [0.1, 0.15) is 11.6 Å². The fraction of sp³-hybridized carbons (Fsp3) is 0.650. The molecule has 156 valence electrons. The standard InChI is InChI=1S/C20H28F2N4O.HI/c1-23-20(24-18-11-15(18)19-16(21)3-2-4-17(19)22)26-8-6-25(7-9-26)12-14-5-10-27-13-14;/h2-4,14-15,18H,5-13H2,1H3,(H,23,24);1H. The first-order chi connectivity index (χ1) is 13.2. The smallest absolute Gasteiger partial charge is 0.193 e. The van der Waals surface area contributed by atoms with Crippen molar-refractivity contribution in [3.63, 3.8) is 0 Å². The molecular weight excluding hydrogens is 477 g/mol. The Labute approximate surface area is 182 Å². The zero-order chi connectivity index (χ0) is 18.8. The summed E-state index contributed by atoms with van der Waals surface area (Å²) >= 11 is 0. The summed E-state index contributed by atoms with van der Waals surface area (Å²) in [5.41, 5.74) is 0.203. The van der Waals surface area contributed by atoms with Gasteiger partial charge < -0.3 is 15.0 Å². The van der Waals surface area contributed by atoms with Crippen LogP contribution in [0.15, 0.2) is 23.2 Å². The Hall–Kier alpha value is -1.00. The van der Waals surface area contributed by atoms with Crippen molar-refractivity contribution >= 4 is 29.9 Å². The molecule has 28 heavy (non-hydrogen) atoms. The number of nitrogens with one attached hydrogen (secondary N) is 1. The topological polar surface area (TPSA) is 40.1 Å². The van der Waals surface area contributed by atoms with Crippen LogP contribution >= 0.6 is 24.0 Å². The SMILES string of the molecule is CN=C(NC1CC1c1c(F)cccc1F)N1CCN(CC2CCOC2)CC1.I. The van der Waals surface area contributed by atoms with E-state index in [1.54, 1.807) is 7.05 Å². The van der Waals surface area contributed by atoms with Crippen LogP contribution in [0.3, 0.4) is 0 Å². The molecule has 4 rings (SSSR count). The van der Waals surface area contributed by atoms with Gasteiger partial charge in [-0.05, 0) is 30.9 Å². The van der Waals surface area contributed by atoms with E-state index in [0.717, 1.165) is 58.3 Å². The predicted octanol–water partition coefficient (Wildman–Crippen LogP) is 2.67. The molecule has 1 N–H and O–H groups in total. The van der Waals surface area contributed by atoms with Crippen molar-refractivity contribution in [3.05, 3.63) is 35.4 Å². The Balaban J connectivity index is 0.00000225. The van der Waals surface area contributed by atoms with Crippen LogP contribution in [0.2, 0.25) is 0 Å². The predicted molar refractivity (Wildman–Crippen MR) is 116 cm³/mol. The Bertz CT molecular complexity index is 671. The second-order valence-corrected chi connectivity index (χ2v) is 7.79. The average molecular weight is 506 g/mol. The summed E-state index contributed by atoms with van der Waals surface area (Å²) in [5, 5.41) is 3.41. The van der Waals surface area contributed by atoms with E-state index >= 15 is 0 Å². The fourth-order valence-corrected chi connectivity index (χ4v) is 4.24. The molecule has 1 aliphatic carbocycles. The number of benzene rings is 1. The maximum absolute atomic E-state index is 14.0. The van der Waals surface area contributed by atoms with Gasteiger partial charge in [0.05, 0.1) is 6.61 Å². The minimum absolute atomic E-state index is 0. The molecule has 3 fully saturated rings. The van der Waals surface area contributed by atoms with E-state index in [4.69, 9.17) is 4.74 Å². The van der Waals surface area contributed by atoms with Gasteiger partial charge in [0, 0.05) is 63.9 Å². The zero-order valence-corrected chi connectivity index (χ0v) is 18.6. The van der Waals surface area contributed by atoms with E-state index in [1.165, 1.54) is 24.6 Å². The molecule has 0 bridgehead atoms. The van der Waals surface area contributed by atoms with Gasteiger partial charge in [-0.2, -0.15) is 0 Å². The molecule has 0 aromatic heterocycles. The second-order valence-electron chi connectivity index (χ2n) is 7.79. The Morgan fingerprint density at radius 1 is 1.21 bits per heavy atom. The zero-order valence-electron chi connectivity index (χ0n) is 16.2. The number of halogens is 3. The average Bonchev–Trinajstić information content (AvgIpc) is 3.21. The Morgan fingerprint density at radius 3 is 2.54 bits per heavy atom. The van der Waals surface area contributed by atoms with E-state index < -0.39 is 11.6 Å². The Kier molecular flexibility index (Phi) is 7.49. The Morgan fingerprint density at radius 2 is 1.93 bits per heavy atom. The van der Waals surface area contributed by atoms with Gasteiger partial charge in [0.2, 0.25) is 0 Å². The lowest BCUT2D eigenvalue weighted by atomic mass is 10.1. The first kappa shape index (κ1) is 21.7. The molecule has 0 amide bonds. The van der Waals surface area contributed by atoms with Gasteiger partial charge in [0.15, 0.2) is 5.96 Å². The molecule has 0 radical (unpaired) electrons. The number of hydrogen-bond donors (Lipinski definition) is 1. The molecule has 2 aliphatic heterocycles. The van der Waals surface area contributed by atoms with Crippen molar-refractivity contribution < 1.29 is 13.5 Å². The molecule has 2 saturated heterocycles. The number of rotatable bonds is 4. The number of hydrogen-bond acceptors (Lipinski definition) is 3. The summed E-state index contributed by atoms with van der Waals surface area (Å²) in [5.74, 6) is 0.471. The third-order valence-corrected chi connectivity index (χ3v) is 5.90. The van der Waals surface area contributed by atoms with Crippen LogP contribution in [0.1, 0.15) is 24.3 Å². The summed E-state index contributed by atoms with van der Waals surface area (Å²) in [4.78, 5) is 9.14. The van der Waals surface area contributed by atoms with Crippen LogP contribution in [-0.2, 0) is 4.74 Å². The van der Waals surface area contributed by atoms with Crippen molar-refractivity contribution in [2.24, 2.45) is 10.9 Å². The van der Waals surface area contributed by atoms with Gasteiger partial charge in [-0.15, -0.1) is 24.0 Å². The van der Waals surface area contributed by atoms with Crippen molar-refractivity contribution in [1.29, 1.82) is 0 Å². The number of piperazine rings is 1. The van der Waals surface area contributed by atoms with Gasteiger partial charge in [-0.1, -0.05) is 6.07 Å². The van der Waals surface area contributed by atoms with Gasteiger partial charge in [-0.25, -0.2) is 8.78 Å². The highest BCUT2D eigenvalue weighted by Crippen LogP contribution is 2.43. The quantitative estimate of drug-likeness (QED) is 0.388.